The number of hydrogen-bond acceptors (Lipinski definition) is 7. The van der Waals surface area contributed by atoms with E-state index in [2.05, 4.69) is 0 Å². The Morgan fingerprint density at radius 3 is 2.71 bits per heavy atom. The average Bonchev–Trinajstić information content (AvgIpc) is 2.49. The van der Waals surface area contributed by atoms with Crippen LogP contribution < -0.4 is 4.74 Å². The molecule has 0 bridgehead atoms. The predicted octanol–water partition coefficient (Wildman–Crippen LogP) is 1.69. The van der Waals surface area contributed by atoms with E-state index in [9.17, 15) is 24.9 Å². The van der Waals surface area contributed by atoms with Crippen LogP contribution in [-0.4, -0.2) is 45.9 Å². The molecule has 0 aromatic heterocycles. The Kier molecular flexibility index (Phi) is 5.81. The second-order valence-electron chi connectivity index (χ2n) is 5.60. The van der Waals surface area contributed by atoms with E-state index < -0.39 is 29.7 Å². The molecule has 0 saturated carbocycles. The molecule has 7 heteroatoms. The minimum absolute atomic E-state index is 0.0156. The van der Waals surface area contributed by atoms with Crippen LogP contribution in [0.15, 0.2) is 24.3 Å². The largest absolute Gasteiger partial charge is 0.508 e. The molecule has 2 atom stereocenters. The Hall–Kier alpha value is -2.54. The van der Waals surface area contributed by atoms with Crippen LogP contribution >= 0.6 is 0 Å². The zero-order chi connectivity index (χ0) is 17.7. The van der Waals surface area contributed by atoms with Gasteiger partial charge < -0.3 is 24.8 Å². The van der Waals surface area contributed by atoms with E-state index >= 15 is 0 Å². The van der Waals surface area contributed by atoms with Crippen LogP contribution in [0.25, 0.3) is 0 Å². The van der Waals surface area contributed by atoms with Gasteiger partial charge >= 0.3 is 5.97 Å². The summed E-state index contributed by atoms with van der Waals surface area (Å²) in [5, 5.41) is 29.3. The number of cyclic esters (lactones) is 1. The molecule has 0 saturated heterocycles. The lowest BCUT2D eigenvalue weighted by atomic mass is 10.1. The number of esters is 1. The van der Waals surface area contributed by atoms with Gasteiger partial charge in [0.15, 0.2) is 5.78 Å². The Morgan fingerprint density at radius 2 is 1.96 bits per heavy atom. The van der Waals surface area contributed by atoms with Crippen molar-refractivity contribution in [2.24, 2.45) is 0 Å². The molecule has 7 nitrogen and oxygen atoms in total. The molecule has 24 heavy (non-hydrogen) atoms. The first-order valence-corrected chi connectivity index (χ1v) is 7.66. The molecule has 0 radical (unpaired) electrons. The Bertz CT molecular complexity index is 651. The van der Waals surface area contributed by atoms with E-state index in [0.717, 1.165) is 6.07 Å². The third-order valence-corrected chi connectivity index (χ3v) is 3.54. The first-order valence-electron chi connectivity index (χ1n) is 7.66. The van der Waals surface area contributed by atoms with E-state index in [1.165, 1.54) is 18.2 Å². The molecule has 0 aliphatic carbocycles. The summed E-state index contributed by atoms with van der Waals surface area (Å²) >= 11 is 0. The molecule has 2 rings (SSSR count). The zero-order valence-electron chi connectivity index (χ0n) is 13.3. The fourth-order valence-corrected chi connectivity index (χ4v) is 2.28. The highest BCUT2D eigenvalue weighted by atomic mass is 16.5. The number of ketones is 1. The number of carbonyl (C=O) groups is 2. The van der Waals surface area contributed by atoms with Crippen molar-refractivity contribution in [3.63, 3.8) is 0 Å². The van der Waals surface area contributed by atoms with Crippen molar-refractivity contribution in [2.75, 3.05) is 6.61 Å². The van der Waals surface area contributed by atoms with Gasteiger partial charge in [0.25, 0.3) is 0 Å². The Labute approximate surface area is 139 Å². The van der Waals surface area contributed by atoms with Gasteiger partial charge in [-0.3, -0.25) is 4.79 Å². The maximum absolute atomic E-state index is 12.3. The van der Waals surface area contributed by atoms with E-state index in [1.54, 1.807) is 6.92 Å². The van der Waals surface area contributed by atoms with Crippen LogP contribution in [0.5, 0.6) is 17.2 Å². The number of ether oxygens (including phenoxy) is 2. The minimum Gasteiger partial charge on any atom is -0.508 e. The SMILES string of the molecule is C[C@H]1C/C=C\C(=O)C(O)CCCOc2cc(O)cc(O)c2C(=O)O1. The lowest BCUT2D eigenvalue weighted by Gasteiger charge is -2.16. The van der Waals surface area contributed by atoms with Gasteiger partial charge in [-0.2, -0.15) is 0 Å². The third kappa shape index (κ3) is 4.48. The molecule has 1 aliphatic heterocycles. The van der Waals surface area contributed by atoms with Crippen LogP contribution in [0.1, 0.15) is 36.5 Å². The molecule has 130 valence electrons. The van der Waals surface area contributed by atoms with Crippen molar-refractivity contribution >= 4 is 11.8 Å². The van der Waals surface area contributed by atoms with E-state index in [1.807, 2.05) is 0 Å². The highest BCUT2D eigenvalue weighted by Gasteiger charge is 2.23. The van der Waals surface area contributed by atoms with Crippen molar-refractivity contribution in [2.45, 2.75) is 38.4 Å². The topological polar surface area (TPSA) is 113 Å². The number of aromatic hydroxyl groups is 2. The lowest BCUT2D eigenvalue weighted by molar-refractivity contribution is -0.122. The number of aliphatic hydroxyl groups excluding tert-OH is 1. The fourth-order valence-electron chi connectivity index (χ4n) is 2.28. The van der Waals surface area contributed by atoms with Crippen molar-refractivity contribution < 1.29 is 34.4 Å². The smallest absolute Gasteiger partial charge is 0.346 e. The van der Waals surface area contributed by atoms with Gasteiger partial charge in [-0.05, 0) is 25.8 Å². The monoisotopic (exact) mass is 336 g/mol. The van der Waals surface area contributed by atoms with Crippen molar-refractivity contribution in [3.05, 3.63) is 29.8 Å². The zero-order valence-corrected chi connectivity index (χ0v) is 13.3. The molecule has 0 spiro atoms. The van der Waals surface area contributed by atoms with Crippen molar-refractivity contribution in [1.82, 2.24) is 0 Å². The highest BCUT2D eigenvalue weighted by Crippen LogP contribution is 2.34. The maximum Gasteiger partial charge on any atom is 0.346 e. The van der Waals surface area contributed by atoms with Gasteiger partial charge in [0.1, 0.15) is 35.0 Å². The standard InChI is InChI=1S/C17H20O7/c1-10-4-2-5-12(19)13(20)6-3-7-23-15-9-11(18)8-14(21)16(15)17(22)24-10/h2,5,8-10,13,18,20-21H,3-4,6-7H2,1H3/b5-2-/t10-,13?/m0/s1. The summed E-state index contributed by atoms with van der Waals surface area (Å²) in [5.41, 5.74) is -0.169. The number of hydrogen-bond donors (Lipinski definition) is 3. The van der Waals surface area contributed by atoms with Gasteiger partial charge in [-0.25, -0.2) is 4.79 Å². The number of benzene rings is 1. The summed E-state index contributed by atoms with van der Waals surface area (Å²) in [6.45, 7) is 1.72. The van der Waals surface area contributed by atoms with E-state index in [-0.39, 0.29) is 36.5 Å². The van der Waals surface area contributed by atoms with Gasteiger partial charge in [0.2, 0.25) is 0 Å². The van der Waals surface area contributed by atoms with E-state index in [0.29, 0.717) is 6.42 Å². The number of rotatable bonds is 0. The van der Waals surface area contributed by atoms with Crippen LogP contribution in [-0.2, 0) is 9.53 Å². The summed E-state index contributed by atoms with van der Waals surface area (Å²) < 4.78 is 10.6. The minimum atomic E-state index is -1.12. The molecule has 1 unspecified atom stereocenters. The van der Waals surface area contributed by atoms with Gasteiger partial charge in [-0.15, -0.1) is 0 Å². The van der Waals surface area contributed by atoms with Crippen LogP contribution in [0.2, 0.25) is 0 Å². The molecule has 1 heterocycles. The molecular weight excluding hydrogens is 316 g/mol. The normalized spacial score (nSPS) is 24.2. The number of phenols is 2. The highest BCUT2D eigenvalue weighted by molar-refractivity contribution is 5.96. The quantitative estimate of drug-likeness (QED) is 0.618. The molecule has 1 aromatic rings. The summed E-state index contributed by atoms with van der Waals surface area (Å²) in [6, 6.07) is 2.23. The maximum atomic E-state index is 12.3. The molecule has 3 N–H and O–H groups in total. The Morgan fingerprint density at radius 1 is 1.21 bits per heavy atom. The molecule has 1 aliphatic rings. The molecule has 1 aromatic carbocycles. The number of phenolic OH excluding ortho intramolecular Hbond substituents is 2. The van der Waals surface area contributed by atoms with Crippen LogP contribution in [0.4, 0.5) is 0 Å². The van der Waals surface area contributed by atoms with E-state index in [4.69, 9.17) is 9.47 Å². The van der Waals surface area contributed by atoms with Gasteiger partial charge in [0.05, 0.1) is 6.61 Å². The first-order chi connectivity index (χ1) is 11.4. The molecule has 0 fully saturated rings. The van der Waals surface area contributed by atoms with Crippen LogP contribution in [0.3, 0.4) is 0 Å². The second-order valence-corrected chi connectivity index (χ2v) is 5.60. The summed E-state index contributed by atoms with van der Waals surface area (Å²) in [7, 11) is 0. The lowest BCUT2D eigenvalue weighted by Crippen LogP contribution is -2.20. The second kappa shape index (κ2) is 7.83. The first kappa shape index (κ1) is 17.8. The number of fused-ring (bicyclic) bond motifs is 1. The summed E-state index contributed by atoms with van der Waals surface area (Å²) in [5.74, 6) is -1.92. The predicted molar refractivity (Wildman–Crippen MR) is 84.1 cm³/mol. The van der Waals surface area contributed by atoms with Crippen molar-refractivity contribution in [1.29, 1.82) is 0 Å². The number of carbonyl (C=O) groups excluding carboxylic acids is 2. The number of aliphatic hydroxyl groups is 1. The van der Waals surface area contributed by atoms with Crippen molar-refractivity contribution in [3.8, 4) is 17.2 Å². The van der Waals surface area contributed by atoms with Crippen LogP contribution in [0, 0.1) is 0 Å². The van der Waals surface area contributed by atoms with Gasteiger partial charge in [-0.1, -0.05) is 6.08 Å². The Balaban J connectivity index is 2.30. The third-order valence-electron chi connectivity index (χ3n) is 3.54. The fraction of sp³-hybridized carbons (Fsp3) is 0.412. The average molecular weight is 336 g/mol. The van der Waals surface area contributed by atoms with Gasteiger partial charge in [0, 0.05) is 18.6 Å². The summed E-state index contributed by atoms with van der Waals surface area (Å²) in [4.78, 5) is 24.0. The molecule has 0 amide bonds. The summed E-state index contributed by atoms with van der Waals surface area (Å²) in [6.07, 6.45) is 1.95. The molecular formula is C17H20O7.